The molecule has 0 atom stereocenters. The molecular weight excluding hydrogens is 385 g/mol. The number of carbonyl (C=O) groups is 2. The highest BCUT2D eigenvalue weighted by Gasteiger charge is 2.42. The van der Waals surface area contributed by atoms with Crippen molar-refractivity contribution in [1.82, 2.24) is 15.1 Å². The normalized spacial score (nSPS) is 18.6. The smallest absolute Gasteiger partial charge is 0.252 e. The van der Waals surface area contributed by atoms with Crippen LogP contribution in [0, 0.1) is 5.82 Å². The van der Waals surface area contributed by atoms with Crippen LogP contribution in [0.4, 0.5) is 15.8 Å². The van der Waals surface area contributed by atoms with Crippen LogP contribution in [0.1, 0.15) is 25.7 Å². The molecule has 0 radical (unpaired) electrons. The van der Waals surface area contributed by atoms with E-state index in [-0.39, 0.29) is 29.9 Å². The number of halogens is 2. The molecule has 2 aliphatic heterocycles. The Morgan fingerprint density at radius 1 is 1.29 bits per heavy atom. The number of rotatable bonds is 4. The number of benzene rings is 1. The van der Waals surface area contributed by atoms with E-state index in [1.54, 1.807) is 35.3 Å². The molecule has 1 aromatic carbocycles. The fourth-order valence-corrected chi connectivity index (χ4v) is 3.88. The summed E-state index contributed by atoms with van der Waals surface area (Å²) in [6, 6.07) is 6.26. The average molecular weight is 408 g/mol. The maximum absolute atomic E-state index is 14.6. The van der Waals surface area contributed by atoms with E-state index in [4.69, 9.17) is 0 Å². The SMILES string of the molecule is Cl.O=C1CCCN1c1ccc(NC(=O)C2(n3cccn3)CCNCC2)cc1F. The van der Waals surface area contributed by atoms with Crippen LogP contribution >= 0.6 is 12.4 Å². The summed E-state index contributed by atoms with van der Waals surface area (Å²) >= 11 is 0. The maximum atomic E-state index is 14.6. The zero-order valence-corrected chi connectivity index (χ0v) is 16.2. The van der Waals surface area contributed by atoms with Crippen molar-refractivity contribution in [1.29, 1.82) is 0 Å². The van der Waals surface area contributed by atoms with Gasteiger partial charge in [-0.1, -0.05) is 0 Å². The molecule has 7 nitrogen and oxygen atoms in total. The van der Waals surface area contributed by atoms with E-state index in [9.17, 15) is 14.0 Å². The first-order chi connectivity index (χ1) is 13.1. The van der Waals surface area contributed by atoms with Gasteiger partial charge in [0, 0.05) is 31.0 Å². The molecule has 2 amide bonds. The van der Waals surface area contributed by atoms with Crippen LogP contribution in [0.2, 0.25) is 0 Å². The molecule has 0 saturated carbocycles. The van der Waals surface area contributed by atoms with Crippen LogP contribution in [0.5, 0.6) is 0 Å². The van der Waals surface area contributed by atoms with Crippen molar-refractivity contribution < 1.29 is 14.0 Å². The van der Waals surface area contributed by atoms with Gasteiger partial charge in [-0.05, 0) is 56.6 Å². The standard InChI is InChI=1S/C19H22FN5O2.ClH/c20-15-13-14(4-5-16(15)24-11-1-3-17(24)26)23-18(27)19(6-9-21-10-7-19)25-12-2-8-22-25;/h2,4-5,8,12-13,21H,1,3,6-7,9-11H2,(H,23,27);1H. The highest BCUT2D eigenvalue weighted by Crippen LogP contribution is 2.30. The topological polar surface area (TPSA) is 79.3 Å². The second-order valence-corrected chi connectivity index (χ2v) is 7.00. The van der Waals surface area contributed by atoms with Gasteiger partial charge in [0.05, 0.1) is 5.69 Å². The minimum absolute atomic E-state index is 0. The van der Waals surface area contributed by atoms with Crippen LogP contribution in [0.15, 0.2) is 36.7 Å². The Bertz CT molecular complexity index is 852. The monoisotopic (exact) mass is 407 g/mol. The Labute approximate surface area is 168 Å². The lowest BCUT2D eigenvalue weighted by atomic mass is 9.87. The Morgan fingerprint density at radius 3 is 2.68 bits per heavy atom. The number of aromatic nitrogens is 2. The van der Waals surface area contributed by atoms with Crippen LogP contribution < -0.4 is 15.5 Å². The van der Waals surface area contributed by atoms with Crippen molar-refractivity contribution >= 4 is 35.6 Å². The molecule has 2 aromatic rings. The van der Waals surface area contributed by atoms with Crippen molar-refractivity contribution in [3.8, 4) is 0 Å². The maximum Gasteiger partial charge on any atom is 0.252 e. The molecule has 2 fully saturated rings. The number of hydrogen-bond donors (Lipinski definition) is 2. The minimum Gasteiger partial charge on any atom is -0.324 e. The Kier molecular flexibility index (Phi) is 6.00. The van der Waals surface area contributed by atoms with Gasteiger partial charge in [-0.15, -0.1) is 12.4 Å². The number of carbonyl (C=O) groups excluding carboxylic acids is 2. The summed E-state index contributed by atoms with van der Waals surface area (Å²) in [5.74, 6) is -0.795. The number of hydrogen-bond acceptors (Lipinski definition) is 4. The van der Waals surface area contributed by atoms with Gasteiger partial charge in [0.2, 0.25) is 5.91 Å². The van der Waals surface area contributed by atoms with Gasteiger partial charge >= 0.3 is 0 Å². The van der Waals surface area contributed by atoms with Gasteiger partial charge in [0.15, 0.2) is 0 Å². The van der Waals surface area contributed by atoms with Gasteiger partial charge in [-0.3, -0.25) is 14.3 Å². The molecule has 0 spiro atoms. The zero-order valence-electron chi connectivity index (χ0n) is 15.4. The summed E-state index contributed by atoms with van der Waals surface area (Å²) < 4.78 is 16.3. The lowest BCUT2D eigenvalue weighted by molar-refractivity contribution is -0.126. The second-order valence-electron chi connectivity index (χ2n) is 7.00. The van der Waals surface area contributed by atoms with Crippen molar-refractivity contribution in [2.45, 2.75) is 31.2 Å². The van der Waals surface area contributed by atoms with E-state index in [1.807, 2.05) is 0 Å². The molecule has 4 rings (SSSR count). The summed E-state index contributed by atoms with van der Waals surface area (Å²) in [7, 11) is 0. The Morgan fingerprint density at radius 2 is 2.07 bits per heavy atom. The molecular formula is C19H23ClFN5O2. The quantitative estimate of drug-likeness (QED) is 0.815. The van der Waals surface area contributed by atoms with Gasteiger partial charge in [-0.25, -0.2) is 4.39 Å². The molecule has 2 N–H and O–H groups in total. The van der Waals surface area contributed by atoms with Crippen molar-refractivity contribution in [3.05, 3.63) is 42.5 Å². The van der Waals surface area contributed by atoms with E-state index >= 15 is 0 Å². The van der Waals surface area contributed by atoms with Gasteiger partial charge in [0.1, 0.15) is 11.4 Å². The molecule has 2 aliphatic rings. The first kappa shape index (κ1) is 20.3. The van der Waals surface area contributed by atoms with Crippen LogP contribution in [-0.2, 0) is 15.1 Å². The Balaban J connectivity index is 0.00000225. The third-order valence-corrected chi connectivity index (χ3v) is 5.37. The molecule has 28 heavy (non-hydrogen) atoms. The lowest BCUT2D eigenvalue weighted by Crippen LogP contribution is -2.52. The first-order valence-electron chi connectivity index (χ1n) is 9.22. The number of nitrogens with zero attached hydrogens (tertiary/aromatic N) is 3. The largest absolute Gasteiger partial charge is 0.324 e. The number of nitrogens with one attached hydrogen (secondary N) is 2. The molecule has 3 heterocycles. The summed E-state index contributed by atoms with van der Waals surface area (Å²) in [5, 5.41) is 10.4. The second kappa shape index (κ2) is 8.28. The predicted octanol–water partition coefficient (Wildman–Crippen LogP) is 2.29. The molecule has 0 bridgehead atoms. The van der Waals surface area contributed by atoms with E-state index < -0.39 is 11.4 Å². The van der Waals surface area contributed by atoms with E-state index in [2.05, 4.69) is 15.7 Å². The van der Waals surface area contributed by atoms with Crippen LogP contribution in [0.3, 0.4) is 0 Å². The summed E-state index contributed by atoms with van der Waals surface area (Å²) in [6.07, 6.45) is 5.81. The molecule has 150 valence electrons. The fourth-order valence-electron chi connectivity index (χ4n) is 3.88. The summed E-state index contributed by atoms with van der Waals surface area (Å²) in [6.45, 7) is 1.94. The van der Waals surface area contributed by atoms with Gasteiger partial charge in [-0.2, -0.15) is 5.10 Å². The molecule has 1 aromatic heterocycles. The van der Waals surface area contributed by atoms with Gasteiger partial charge < -0.3 is 15.5 Å². The molecule has 9 heteroatoms. The minimum atomic E-state index is -0.797. The van der Waals surface area contributed by atoms with E-state index in [1.165, 1.54) is 11.0 Å². The number of amides is 2. The molecule has 0 aliphatic carbocycles. The van der Waals surface area contributed by atoms with Crippen molar-refractivity contribution in [3.63, 3.8) is 0 Å². The number of piperidine rings is 1. The first-order valence-corrected chi connectivity index (χ1v) is 9.22. The predicted molar refractivity (Wildman–Crippen MR) is 106 cm³/mol. The summed E-state index contributed by atoms with van der Waals surface area (Å²) in [4.78, 5) is 26.4. The molecule has 2 saturated heterocycles. The summed E-state index contributed by atoms with van der Waals surface area (Å²) in [5.41, 5.74) is -0.161. The average Bonchev–Trinajstić information content (AvgIpc) is 3.35. The number of anilines is 2. The van der Waals surface area contributed by atoms with Crippen molar-refractivity contribution in [2.75, 3.05) is 29.9 Å². The highest BCUT2D eigenvalue weighted by molar-refractivity contribution is 5.98. The van der Waals surface area contributed by atoms with Crippen LogP contribution in [-0.4, -0.2) is 41.2 Å². The third kappa shape index (κ3) is 3.62. The third-order valence-electron chi connectivity index (χ3n) is 5.37. The lowest BCUT2D eigenvalue weighted by Gasteiger charge is -2.36. The van der Waals surface area contributed by atoms with E-state index in [0.29, 0.717) is 44.6 Å². The van der Waals surface area contributed by atoms with Crippen LogP contribution in [0.25, 0.3) is 0 Å². The Hall–Kier alpha value is -2.45. The zero-order chi connectivity index (χ0) is 18.9. The highest BCUT2D eigenvalue weighted by atomic mass is 35.5. The molecule has 0 unspecified atom stereocenters. The van der Waals surface area contributed by atoms with Crippen molar-refractivity contribution in [2.24, 2.45) is 0 Å². The fraction of sp³-hybridized carbons (Fsp3) is 0.421. The van der Waals surface area contributed by atoms with E-state index in [0.717, 1.165) is 6.42 Å². The van der Waals surface area contributed by atoms with Gasteiger partial charge in [0.25, 0.3) is 5.91 Å².